The predicted molar refractivity (Wildman–Crippen MR) is 110 cm³/mol. The highest BCUT2D eigenvalue weighted by molar-refractivity contribution is 5.83. The third-order valence-corrected chi connectivity index (χ3v) is 5.62. The van der Waals surface area contributed by atoms with Gasteiger partial charge in [0.25, 0.3) is 11.6 Å². The number of para-hydroxylation sites is 2. The molecule has 2 aromatic rings. The number of nitrogens with zero attached hydrogens (tertiary/aromatic N) is 3. The van der Waals surface area contributed by atoms with Crippen LogP contribution in [0.4, 0.5) is 11.4 Å². The van der Waals surface area contributed by atoms with Crippen molar-refractivity contribution in [1.29, 1.82) is 0 Å². The van der Waals surface area contributed by atoms with E-state index in [0.29, 0.717) is 13.1 Å². The van der Waals surface area contributed by atoms with Gasteiger partial charge >= 0.3 is 0 Å². The number of amides is 1. The average Bonchev–Trinajstić information content (AvgIpc) is 2.77. The number of rotatable bonds is 5. The monoisotopic (exact) mass is 395 g/mol. The Morgan fingerprint density at radius 1 is 1.07 bits per heavy atom. The molecule has 2 aliphatic heterocycles. The van der Waals surface area contributed by atoms with Gasteiger partial charge in [-0.25, -0.2) is 0 Å². The van der Waals surface area contributed by atoms with Crippen LogP contribution in [-0.2, 0) is 11.2 Å². The van der Waals surface area contributed by atoms with Crippen molar-refractivity contribution in [3.8, 4) is 5.75 Å². The second-order valence-corrected chi connectivity index (χ2v) is 7.58. The van der Waals surface area contributed by atoms with Gasteiger partial charge in [0.05, 0.1) is 17.2 Å². The first kappa shape index (κ1) is 19.2. The number of fused-ring (bicyclic) bond motifs is 1. The van der Waals surface area contributed by atoms with Crippen LogP contribution in [0.2, 0.25) is 0 Å². The average molecular weight is 395 g/mol. The number of carbonyl (C=O) groups is 1. The van der Waals surface area contributed by atoms with Gasteiger partial charge in [0.1, 0.15) is 5.75 Å². The molecule has 2 aliphatic rings. The Kier molecular flexibility index (Phi) is 5.64. The fraction of sp³-hybridized carbons (Fsp3) is 0.409. The van der Waals surface area contributed by atoms with E-state index in [4.69, 9.17) is 4.74 Å². The van der Waals surface area contributed by atoms with E-state index >= 15 is 0 Å². The smallest absolute Gasteiger partial charge is 0.269 e. The molecule has 1 atom stereocenters. The first-order valence-corrected chi connectivity index (χ1v) is 10.1. The first-order chi connectivity index (χ1) is 14.1. The van der Waals surface area contributed by atoms with Crippen LogP contribution in [0.1, 0.15) is 24.8 Å². The van der Waals surface area contributed by atoms with Crippen LogP contribution in [0.3, 0.4) is 0 Å². The largest absolute Gasteiger partial charge is 0.477 e. The second-order valence-electron chi connectivity index (χ2n) is 7.58. The van der Waals surface area contributed by atoms with E-state index < -0.39 is 11.0 Å². The maximum Gasteiger partial charge on any atom is 0.269 e. The highest BCUT2D eigenvalue weighted by Gasteiger charge is 2.33. The summed E-state index contributed by atoms with van der Waals surface area (Å²) in [6, 6.07) is 14.4. The Balaban J connectivity index is 1.47. The van der Waals surface area contributed by atoms with E-state index in [1.807, 2.05) is 29.2 Å². The second kappa shape index (κ2) is 8.51. The lowest BCUT2D eigenvalue weighted by Gasteiger charge is -2.38. The summed E-state index contributed by atoms with van der Waals surface area (Å²) in [5, 5.41) is 10.8. The van der Waals surface area contributed by atoms with Crippen LogP contribution >= 0.6 is 0 Å². The standard InChI is InChI=1S/C22H25N3O4/c26-22(23-13-4-1-5-14-23)21-16-24(19-6-2-3-7-20(19)29-21)15-12-17-8-10-18(11-9-17)25(27)28/h2-3,6-11,21H,1,4-5,12-16H2. The zero-order valence-electron chi connectivity index (χ0n) is 16.3. The first-order valence-electron chi connectivity index (χ1n) is 10.1. The zero-order chi connectivity index (χ0) is 20.2. The molecule has 0 aliphatic carbocycles. The van der Waals surface area contributed by atoms with Crippen LogP contribution in [0.5, 0.6) is 5.75 Å². The molecule has 2 aromatic carbocycles. The fourth-order valence-electron chi connectivity index (χ4n) is 4.01. The van der Waals surface area contributed by atoms with Gasteiger partial charge in [-0.1, -0.05) is 24.3 Å². The molecule has 0 aromatic heterocycles. The van der Waals surface area contributed by atoms with Crippen molar-refractivity contribution in [2.75, 3.05) is 31.1 Å². The molecule has 29 heavy (non-hydrogen) atoms. The van der Waals surface area contributed by atoms with Crippen molar-refractivity contribution in [3.63, 3.8) is 0 Å². The highest BCUT2D eigenvalue weighted by atomic mass is 16.6. The Bertz CT molecular complexity index is 878. The number of nitro groups is 1. The summed E-state index contributed by atoms with van der Waals surface area (Å²) >= 11 is 0. The summed E-state index contributed by atoms with van der Waals surface area (Å²) in [6.45, 7) is 2.84. The molecule has 1 saturated heterocycles. The van der Waals surface area contributed by atoms with Crippen LogP contribution < -0.4 is 9.64 Å². The van der Waals surface area contributed by atoms with Gasteiger partial charge in [-0.05, 0) is 43.4 Å². The van der Waals surface area contributed by atoms with Gasteiger partial charge in [0.2, 0.25) is 0 Å². The van der Waals surface area contributed by atoms with Crippen LogP contribution in [0, 0.1) is 10.1 Å². The molecule has 7 nitrogen and oxygen atoms in total. The molecule has 1 fully saturated rings. The van der Waals surface area contributed by atoms with Crippen molar-refractivity contribution in [2.45, 2.75) is 31.8 Å². The van der Waals surface area contributed by atoms with E-state index in [-0.39, 0.29) is 11.6 Å². The van der Waals surface area contributed by atoms with Crippen molar-refractivity contribution >= 4 is 17.3 Å². The molecule has 0 saturated carbocycles. The number of ether oxygens (including phenoxy) is 1. The number of benzene rings is 2. The maximum atomic E-state index is 13.0. The molecule has 1 unspecified atom stereocenters. The Labute approximate surface area is 170 Å². The number of hydrogen-bond donors (Lipinski definition) is 0. The Hall–Kier alpha value is -3.09. The SMILES string of the molecule is O=C(C1CN(CCc2ccc([N+](=O)[O-])cc2)c2ccccc2O1)N1CCCCC1. The molecule has 0 N–H and O–H groups in total. The van der Waals surface area contributed by atoms with Crippen LogP contribution in [0.15, 0.2) is 48.5 Å². The number of likely N-dealkylation sites (tertiary alicyclic amines) is 1. The van der Waals surface area contributed by atoms with Gasteiger partial charge in [-0.2, -0.15) is 0 Å². The quantitative estimate of drug-likeness (QED) is 0.573. The van der Waals surface area contributed by atoms with Crippen molar-refractivity contribution in [2.24, 2.45) is 0 Å². The van der Waals surface area contributed by atoms with Gasteiger partial charge in [-0.15, -0.1) is 0 Å². The summed E-state index contributed by atoms with van der Waals surface area (Å²) in [5.74, 6) is 0.803. The lowest BCUT2D eigenvalue weighted by atomic mass is 10.1. The van der Waals surface area contributed by atoms with Gasteiger partial charge in [-0.3, -0.25) is 14.9 Å². The van der Waals surface area contributed by atoms with Crippen LogP contribution in [0.25, 0.3) is 0 Å². The summed E-state index contributed by atoms with van der Waals surface area (Å²) in [7, 11) is 0. The van der Waals surface area contributed by atoms with E-state index in [1.54, 1.807) is 12.1 Å². The molecular formula is C22H25N3O4. The minimum absolute atomic E-state index is 0.0690. The number of non-ortho nitro benzene ring substituents is 1. The topological polar surface area (TPSA) is 75.9 Å². The molecular weight excluding hydrogens is 370 g/mol. The van der Waals surface area contributed by atoms with Crippen molar-refractivity contribution in [3.05, 3.63) is 64.2 Å². The molecule has 0 bridgehead atoms. The maximum absolute atomic E-state index is 13.0. The predicted octanol–water partition coefficient (Wildman–Crippen LogP) is 3.42. The fourth-order valence-corrected chi connectivity index (χ4v) is 4.01. The summed E-state index contributed by atoms with van der Waals surface area (Å²) in [6.07, 6.45) is 3.52. The minimum Gasteiger partial charge on any atom is -0.477 e. The summed E-state index contributed by atoms with van der Waals surface area (Å²) in [5.41, 5.74) is 2.10. The molecule has 0 radical (unpaired) electrons. The van der Waals surface area contributed by atoms with Gasteiger partial charge in [0, 0.05) is 31.8 Å². The summed E-state index contributed by atoms with van der Waals surface area (Å²) in [4.78, 5) is 27.6. The van der Waals surface area contributed by atoms with E-state index in [2.05, 4.69) is 4.90 Å². The molecule has 0 spiro atoms. The molecule has 2 heterocycles. The number of carbonyl (C=O) groups excluding carboxylic acids is 1. The van der Waals surface area contributed by atoms with E-state index in [0.717, 1.165) is 49.4 Å². The number of piperidine rings is 1. The van der Waals surface area contributed by atoms with Crippen molar-refractivity contribution in [1.82, 2.24) is 4.90 Å². The van der Waals surface area contributed by atoms with Crippen LogP contribution in [-0.4, -0.2) is 48.0 Å². The van der Waals surface area contributed by atoms with E-state index in [1.165, 1.54) is 18.6 Å². The van der Waals surface area contributed by atoms with Crippen molar-refractivity contribution < 1.29 is 14.5 Å². The Morgan fingerprint density at radius 3 is 2.52 bits per heavy atom. The lowest BCUT2D eigenvalue weighted by molar-refractivity contribution is -0.384. The number of hydrogen-bond acceptors (Lipinski definition) is 5. The minimum atomic E-state index is -0.500. The zero-order valence-corrected chi connectivity index (χ0v) is 16.3. The third-order valence-electron chi connectivity index (χ3n) is 5.62. The Morgan fingerprint density at radius 2 is 1.79 bits per heavy atom. The number of nitro benzene ring substituents is 1. The molecule has 7 heteroatoms. The van der Waals surface area contributed by atoms with Gasteiger partial charge in [0.15, 0.2) is 6.10 Å². The number of anilines is 1. The highest BCUT2D eigenvalue weighted by Crippen LogP contribution is 2.33. The van der Waals surface area contributed by atoms with Gasteiger partial charge < -0.3 is 14.5 Å². The molecule has 1 amide bonds. The van der Waals surface area contributed by atoms with E-state index in [9.17, 15) is 14.9 Å². The molecule has 152 valence electrons. The normalized spacial score (nSPS) is 18.7. The molecule has 4 rings (SSSR count). The third kappa shape index (κ3) is 4.34. The lowest BCUT2D eigenvalue weighted by Crippen LogP contribution is -2.51. The summed E-state index contributed by atoms with van der Waals surface area (Å²) < 4.78 is 6.06.